The molecule has 4 nitrogen and oxygen atoms in total. The minimum atomic E-state index is -0.396. The van der Waals surface area contributed by atoms with Gasteiger partial charge in [0.2, 0.25) is 0 Å². The molecule has 1 heterocycles. The zero-order valence-corrected chi connectivity index (χ0v) is 18.5. The molecule has 4 rings (SSSR count). The van der Waals surface area contributed by atoms with Crippen molar-refractivity contribution in [1.82, 2.24) is 5.32 Å². The van der Waals surface area contributed by atoms with E-state index < -0.39 is 5.82 Å². The molecular weight excluding hydrogens is 405 g/mol. The minimum absolute atomic E-state index is 0.195. The molecule has 0 saturated heterocycles. The third-order valence-corrected chi connectivity index (χ3v) is 5.68. The van der Waals surface area contributed by atoms with Gasteiger partial charge in [0.15, 0.2) is 11.6 Å². The van der Waals surface area contributed by atoms with Gasteiger partial charge in [0.25, 0.3) is 0 Å². The van der Waals surface area contributed by atoms with Crippen LogP contribution in [0.3, 0.4) is 0 Å². The molecule has 0 saturated carbocycles. The third-order valence-electron chi connectivity index (χ3n) is 5.68. The van der Waals surface area contributed by atoms with Crippen molar-refractivity contribution < 1.29 is 19.0 Å². The fourth-order valence-corrected chi connectivity index (χ4v) is 4.08. The first-order valence-corrected chi connectivity index (χ1v) is 11.0. The number of allylic oxidation sites excluding steroid dienone is 1. The molecule has 1 aliphatic rings. The zero-order valence-electron chi connectivity index (χ0n) is 18.5. The summed E-state index contributed by atoms with van der Waals surface area (Å²) < 4.78 is 26.2. The van der Waals surface area contributed by atoms with Gasteiger partial charge in [-0.3, -0.25) is 0 Å². The molecule has 3 aromatic carbocycles. The van der Waals surface area contributed by atoms with Gasteiger partial charge in [0.05, 0.1) is 6.61 Å². The molecule has 0 radical (unpaired) electrons. The fraction of sp³-hybridized carbons (Fsp3) is 0.259. The highest BCUT2D eigenvalue weighted by Gasteiger charge is 2.18. The summed E-state index contributed by atoms with van der Waals surface area (Å²) in [6, 6.07) is 18.4. The van der Waals surface area contributed by atoms with E-state index in [0.717, 1.165) is 46.4 Å². The van der Waals surface area contributed by atoms with Crippen molar-refractivity contribution >= 4 is 11.1 Å². The molecule has 0 amide bonds. The Hall–Kier alpha value is -3.31. The van der Waals surface area contributed by atoms with E-state index in [1.54, 1.807) is 18.2 Å². The summed E-state index contributed by atoms with van der Waals surface area (Å²) in [6.45, 7) is 3.84. The highest BCUT2D eigenvalue weighted by molar-refractivity contribution is 5.98. The van der Waals surface area contributed by atoms with Gasteiger partial charge in [0, 0.05) is 13.0 Å². The average Bonchev–Trinajstić information content (AvgIpc) is 3.27. The van der Waals surface area contributed by atoms with Crippen molar-refractivity contribution in [3.05, 3.63) is 88.7 Å². The number of nitrogens with one attached hydrogen (secondary N) is 1. The summed E-state index contributed by atoms with van der Waals surface area (Å²) in [4.78, 5) is 0. The van der Waals surface area contributed by atoms with Crippen LogP contribution in [0.25, 0.3) is 11.1 Å². The Balaban J connectivity index is 1.83. The molecule has 1 aliphatic heterocycles. The number of hydrogen-bond acceptors (Lipinski definition) is 4. The normalized spacial score (nSPS) is 13.3. The van der Waals surface area contributed by atoms with Crippen molar-refractivity contribution in [2.24, 2.45) is 0 Å². The maximum Gasteiger partial charge on any atom is 0.165 e. The number of benzene rings is 3. The van der Waals surface area contributed by atoms with E-state index >= 15 is 0 Å². The lowest BCUT2D eigenvalue weighted by Crippen LogP contribution is -2.16. The highest BCUT2D eigenvalue weighted by atomic mass is 19.1. The summed E-state index contributed by atoms with van der Waals surface area (Å²) in [5.74, 6) is 0.972. The first kappa shape index (κ1) is 21.9. The Bertz CT molecular complexity index is 1120. The SMILES string of the molecule is CC/C(=C(\c1ccc(O)cc1)c1ccc(OCCNC)c(F)c1)c1ccc2c(c1)CCO2. The van der Waals surface area contributed by atoms with Gasteiger partial charge in [-0.2, -0.15) is 0 Å². The second-order valence-electron chi connectivity index (χ2n) is 7.77. The minimum Gasteiger partial charge on any atom is -0.508 e. The van der Waals surface area contributed by atoms with Gasteiger partial charge in [0.1, 0.15) is 18.1 Å². The first-order valence-electron chi connectivity index (χ1n) is 11.0. The number of ether oxygens (including phenoxy) is 2. The fourth-order valence-electron chi connectivity index (χ4n) is 4.08. The number of likely N-dealkylation sites (N-methyl/N-ethyl adjacent to an activating group) is 1. The zero-order chi connectivity index (χ0) is 22.5. The Labute approximate surface area is 188 Å². The monoisotopic (exact) mass is 433 g/mol. The van der Waals surface area contributed by atoms with E-state index in [9.17, 15) is 9.50 Å². The molecule has 0 bridgehead atoms. The summed E-state index contributed by atoms with van der Waals surface area (Å²) in [5.41, 5.74) is 6.01. The number of phenols is 1. The lowest BCUT2D eigenvalue weighted by atomic mass is 9.87. The molecule has 166 valence electrons. The van der Waals surface area contributed by atoms with Crippen molar-refractivity contribution in [3.63, 3.8) is 0 Å². The Kier molecular flexibility index (Phi) is 6.76. The maximum atomic E-state index is 14.9. The van der Waals surface area contributed by atoms with Crippen LogP contribution in [-0.2, 0) is 6.42 Å². The molecule has 5 heteroatoms. The van der Waals surface area contributed by atoms with E-state index in [1.807, 2.05) is 31.3 Å². The second kappa shape index (κ2) is 9.88. The Morgan fingerprint density at radius 2 is 1.78 bits per heavy atom. The molecule has 0 aromatic heterocycles. The van der Waals surface area contributed by atoms with Gasteiger partial charge in [-0.15, -0.1) is 0 Å². The van der Waals surface area contributed by atoms with E-state index in [1.165, 1.54) is 11.6 Å². The Morgan fingerprint density at radius 3 is 2.50 bits per heavy atom. The summed E-state index contributed by atoms with van der Waals surface area (Å²) >= 11 is 0. The van der Waals surface area contributed by atoms with Gasteiger partial charge in [-0.25, -0.2) is 4.39 Å². The number of aromatic hydroxyl groups is 1. The standard InChI is InChI=1S/C27H28FNO3/c1-3-23(19-6-10-25-20(16-19)12-14-31-25)27(18-4-8-22(30)9-5-18)21-7-11-26(24(28)17-21)32-15-13-29-2/h4-11,16-17,29-30H,3,12-15H2,1-2H3/b27-23-. The lowest BCUT2D eigenvalue weighted by molar-refractivity contribution is 0.302. The molecule has 32 heavy (non-hydrogen) atoms. The van der Waals surface area contributed by atoms with Crippen LogP contribution in [0, 0.1) is 5.82 Å². The van der Waals surface area contributed by atoms with Gasteiger partial charge in [-0.05, 0) is 83.3 Å². The van der Waals surface area contributed by atoms with Crippen LogP contribution in [0.2, 0.25) is 0 Å². The molecular formula is C27H28FNO3. The van der Waals surface area contributed by atoms with E-state index in [4.69, 9.17) is 9.47 Å². The number of hydrogen-bond donors (Lipinski definition) is 2. The van der Waals surface area contributed by atoms with Gasteiger partial charge < -0.3 is 19.9 Å². The molecule has 0 unspecified atom stereocenters. The topological polar surface area (TPSA) is 50.7 Å². The lowest BCUT2D eigenvalue weighted by Gasteiger charge is -2.18. The van der Waals surface area contributed by atoms with Crippen LogP contribution >= 0.6 is 0 Å². The van der Waals surface area contributed by atoms with Crippen molar-refractivity contribution in [2.75, 3.05) is 26.8 Å². The predicted octanol–water partition coefficient (Wildman–Crippen LogP) is 5.43. The first-order chi connectivity index (χ1) is 15.6. The van der Waals surface area contributed by atoms with Crippen LogP contribution in [0.1, 0.15) is 35.6 Å². The highest BCUT2D eigenvalue weighted by Crippen LogP contribution is 2.38. The second-order valence-corrected chi connectivity index (χ2v) is 7.77. The van der Waals surface area contributed by atoms with Crippen LogP contribution in [0.15, 0.2) is 60.7 Å². The van der Waals surface area contributed by atoms with Crippen LogP contribution in [-0.4, -0.2) is 31.9 Å². The molecule has 3 aromatic rings. The largest absolute Gasteiger partial charge is 0.508 e. The summed E-state index contributed by atoms with van der Waals surface area (Å²) in [6.07, 6.45) is 1.65. The number of fused-ring (bicyclic) bond motifs is 1. The van der Waals surface area contributed by atoms with Crippen LogP contribution in [0.5, 0.6) is 17.2 Å². The van der Waals surface area contributed by atoms with Crippen molar-refractivity contribution in [1.29, 1.82) is 0 Å². The van der Waals surface area contributed by atoms with Crippen molar-refractivity contribution in [3.8, 4) is 17.2 Å². The predicted molar refractivity (Wildman–Crippen MR) is 126 cm³/mol. The van der Waals surface area contributed by atoms with E-state index in [-0.39, 0.29) is 11.5 Å². The third kappa shape index (κ3) is 4.63. The summed E-state index contributed by atoms with van der Waals surface area (Å²) in [7, 11) is 1.83. The van der Waals surface area contributed by atoms with Crippen LogP contribution < -0.4 is 14.8 Å². The smallest absolute Gasteiger partial charge is 0.165 e. The maximum absolute atomic E-state index is 14.9. The molecule has 2 N–H and O–H groups in total. The van der Waals surface area contributed by atoms with Crippen LogP contribution in [0.4, 0.5) is 4.39 Å². The quantitative estimate of drug-likeness (QED) is 0.367. The van der Waals surface area contributed by atoms with Crippen molar-refractivity contribution in [2.45, 2.75) is 19.8 Å². The summed E-state index contributed by atoms with van der Waals surface area (Å²) in [5, 5.41) is 12.8. The average molecular weight is 434 g/mol. The molecule has 0 spiro atoms. The van der Waals surface area contributed by atoms with E-state index in [2.05, 4.69) is 24.4 Å². The molecule has 0 fully saturated rings. The Morgan fingerprint density at radius 1 is 1.03 bits per heavy atom. The molecule has 0 aliphatic carbocycles. The number of halogens is 1. The number of rotatable bonds is 8. The van der Waals surface area contributed by atoms with Gasteiger partial charge in [-0.1, -0.05) is 31.2 Å². The molecule has 0 atom stereocenters. The van der Waals surface area contributed by atoms with Gasteiger partial charge >= 0.3 is 0 Å². The van der Waals surface area contributed by atoms with E-state index in [0.29, 0.717) is 19.8 Å². The number of phenolic OH excluding ortho intramolecular Hbond substituents is 1.